The molecule has 40 heavy (non-hydrogen) atoms. The normalized spacial score (nSPS) is 12.1. The predicted octanol–water partition coefficient (Wildman–Crippen LogP) is 3.78. The van der Waals surface area contributed by atoms with Crippen LogP contribution in [0.1, 0.15) is 26.2 Å². The minimum atomic E-state index is -0.870. The molecule has 17 heteroatoms. The zero-order chi connectivity index (χ0) is 29.4. The summed E-state index contributed by atoms with van der Waals surface area (Å²) in [6, 6.07) is 0. The summed E-state index contributed by atoms with van der Waals surface area (Å²) in [6.07, 6.45) is 1.21. The van der Waals surface area contributed by atoms with Gasteiger partial charge in [0.25, 0.3) is 0 Å². The maximum absolute atomic E-state index is 12.9. The SMILES string of the molecule is CCCOCCOCCOCCOCCC(=O)CC(COCCN=[N+]=[N-])(COCCN=[N+]=[N-])COCCN=[N+]=[N-]. The molecule has 0 heterocycles. The van der Waals surface area contributed by atoms with Crippen LogP contribution in [0.3, 0.4) is 0 Å². The fourth-order valence-electron chi connectivity index (χ4n) is 3.19. The van der Waals surface area contributed by atoms with Crippen LogP contribution in [0.4, 0.5) is 0 Å². The summed E-state index contributed by atoms with van der Waals surface area (Å²) in [6.45, 7) is 6.83. The Labute approximate surface area is 234 Å². The summed E-state index contributed by atoms with van der Waals surface area (Å²) in [5.41, 5.74) is 24.5. The van der Waals surface area contributed by atoms with E-state index in [1.807, 2.05) is 6.92 Å². The van der Waals surface area contributed by atoms with Gasteiger partial charge < -0.3 is 33.2 Å². The average molecular weight is 574 g/mol. The molecule has 228 valence electrons. The standard InChI is InChI=1S/C23H43N9O8/c1-2-7-34-12-14-36-16-17-37-15-13-35-8-3-22(33)18-23(19-38-9-4-27-30-24,20-39-10-5-28-31-25)21-40-11-6-29-32-26/h2-21H2,1H3. The van der Waals surface area contributed by atoms with Crippen molar-refractivity contribution in [2.45, 2.75) is 26.2 Å². The Hall–Kier alpha value is -2.68. The van der Waals surface area contributed by atoms with Crippen LogP contribution in [0.15, 0.2) is 15.3 Å². The highest BCUT2D eigenvalue weighted by molar-refractivity contribution is 5.79. The van der Waals surface area contributed by atoms with Gasteiger partial charge in [-0.05, 0) is 23.0 Å². The zero-order valence-corrected chi connectivity index (χ0v) is 23.4. The van der Waals surface area contributed by atoms with E-state index in [1.165, 1.54) is 0 Å². The van der Waals surface area contributed by atoms with Crippen molar-refractivity contribution in [1.82, 2.24) is 0 Å². The van der Waals surface area contributed by atoms with Gasteiger partial charge in [-0.2, -0.15) is 0 Å². The molecular formula is C23H43N9O8. The van der Waals surface area contributed by atoms with Crippen LogP contribution < -0.4 is 0 Å². The fourth-order valence-corrected chi connectivity index (χ4v) is 3.19. The molecule has 0 fully saturated rings. The molecule has 0 aromatic carbocycles. The summed E-state index contributed by atoms with van der Waals surface area (Å²) < 4.78 is 38.7. The van der Waals surface area contributed by atoms with Crippen molar-refractivity contribution in [3.05, 3.63) is 31.3 Å². The smallest absolute Gasteiger partial charge is 0.136 e. The minimum absolute atomic E-state index is 0.0662. The van der Waals surface area contributed by atoms with Crippen molar-refractivity contribution in [3.8, 4) is 0 Å². The van der Waals surface area contributed by atoms with Gasteiger partial charge in [-0.15, -0.1) is 0 Å². The van der Waals surface area contributed by atoms with E-state index in [1.54, 1.807) is 0 Å². The molecule has 0 unspecified atom stereocenters. The molecule has 0 N–H and O–H groups in total. The van der Waals surface area contributed by atoms with Gasteiger partial charge in [-0.3, -0.25) is 4.79 Å². The van der Waals surface area contributed by atoms with Gasteiger partial charge in [0.1, 0.15) is 5.78 Å². The molecule has 0 saturated carbocycles. The van der Waals surface area contributed by atoms with E-state index in [-0.39, 0.29) is 84.5 Å². The Morgan fingerprint density at radius 1 is 0.575 bits per heavy atom. The summed E-state index contributed by atoms with van der Waals surface area (Å²) in [5.74, 6) is -0.0875. The summed E-state index contributed by atoms with van der Waals surface area (Å²) >= 11 is 0. The topological polar surface area (TPSA) is 228 Å². The zero-order valence-electron chi connectivity index (χ0n) is 23.4. The molecule has 0 radical (unpaired) electrons. The lowest BCUT2D eigenvalue weighted by Crippen LogP contribution is -2.40. The van der Waals surface area contributed by atoms with E-state index in [0.717, 1.165) is 13.0 Å². The number of ketones is 1. The van der Waals surface area contributed by atoms with E-state index >= 15 is 0 Å². The van der Waals surface area contributed by atoms with Crippen LogP contribution >= 0.6 is 0 Å². The Balaban J connectivity index is 4.63. The summed E-state index contributed by atoms with van der Waals surface area (Å²) in [7, 11) is 0. The molecule has 0 aliphatic heterocycles. The van der Waals surface area contributed by atoms with Crippen molar-refractivity contribution in [3.63, 3.8) is 0 Å². The summed E-state index contributed by atoms with van der Waals surface area (Å²) in [4.78, 5) is 20.9. The molecule has 0 rings (SSSR count). The predicted molar refractivity (Wildman–Crippen MR) is 145 cm³/mol. The van der Waals surface area contributed by atoms with Crippen LogP contribution in [0.5, 0.6) is 0 Å². The molecule has 0 aromatic rings. The summed E-state index contributed by atoms with van der Waals surface area (Å²) in [5, 5.41) is 10.3. The van der Waals surface area contributed by atoms with E-state index in [2.05, 4.69) is 30.1 Å². The quantitative estimate of drug-likeness (QED) is 0.0511. The Bertz CT molecular complexity index is 709. The van der Waals surface area contributed by atoms with Crippen LogP contribution in [0, 0.1) is 5.41 Å². The molecule has 0 spiro atoms. The van der Waals surface area contributed by atoms with Crippen LogP contribution in [0.2, 0.25) is 0 Å². The van der Waals surface area contributed by atoms with Crippen molar-refractivity contribution >= 4 is 5.78 Å². The maximum Gasteiger partial charge on any atom is 0.136 e. The number of Topliss-reactive ketones (excluding diaryl/α,β-unsaturated/α-hetero) is 1. The molecule has 17 nitrogen and oxygen atoms in total. The largest absolute Gasteiger partial charge is 0.381 e. The first-order chi connectivity index (χ1) is 19.6. The van der Waals surface area contributed by atoms with Gasteiger partial charge in [-0.1, -0.05) is 22.3 Å². The van der Waals surface area contributed by atoms with Gasteiger partial charge in [0.05, 0.1) is 85.9 Å². The molecule has 0 bridgehead atoms. The van der Waals surface area contributed by atoms with Gasteiger partial charge in [0.2, 0.25) is 0 Å². The molecule has 0 saturated heterocycles. The number of nitrogens with zero attached hydrogens (tertiary/aromatic N) is 9. The monoisotopic (exact) mass is 573 g/mol. The fraction of sp³-hybridized carbons (Fsp3) is 0.957. The van der Waals surface area contributed by atoms with Gasteiger partial charge in [-0.25, -0.2) is 0 Å². The van der Waals surface area contributed by atoms with E-state index in [4.69, 9.17) is 49.8 Å². The number of hydrogen-bond acceptors (Lipinski definition) is 11. The molecule has 0 aliphatic carbocycles. The van der Waals surface area contributed by atoms with E-state index in [9.17, 15) is 4.79 Å². The lowest BCUT2D eigenvalue weighted by Gasteiger charge is -2.32. The second-order valence-electron chi connectivity index (χ2n) is 8.44. The highest BCUT2D eigenvalue weighted by Gasteiger charge is 2.34. The molecule has 0 amide bonds. The third kappa shape index (κ3) is 24.4. The van der Waals surface area contributed by atoms with E-state index < -0.39 is 5.41 Å². The van der Waals surface area contributed by atoms with Gasteiger partial charge in [0, 0.05) is 59.2 Å². The van der Waals surface area contributed by atoms with Gasteiger partial charge in [0.15, 0.2) is 0 Å². The number of rotatable bonds is 31. The van der Waals surface area contributed by atoms with Crippen LogP contribution in [0.25, 0.3) is 31.3 Å². The van der Waals surface area contributed by atoms with Crippen molar-refractivity contribution in [2.75, 3.05) is 112 Å². The third-order valence-electron chi connectivity index (χ3n) is 4.98. The highest BCUT2D eigenvalue weighted by Crippen LogP contribution is 2.26. The lowest BCUT2D eigenvalue weighted by atomic mass is 9.84. The molecule has 0 aromatic heterocycles. The molecule has 0 atom stereocenters. The number of hydrogen-bond donors (Lipinski definition) is 0. The number of ether oxygens (including phenoxy) is 7. The van der Waals surface area contributed by atoms with Crippen molar-refractivity contribution < 1.29 is 38.0 Å². The minimum Gasteiger partial charge on any atom is -0.381 e. The number of azide groups is 3. The second kappa shape index (κ2) is 29.3. The Morgan fingerprint density at radius 3 is 1.32 bits per heavy atom. The number of carbonyl (C=O) groups is 1. The highest BCUT2D eigenvalue weighted by atomic mass is 16.6. The second-order valence-corrected chi connectivity index (χ2v) is 8.44. The van der Waals surface area contributed by atoms with Crippen LogP contribution in [-0.4, -0.2) is 118 Å². The average Bonchev–Trinajstić information content (AvgIpc) is 2.95. The van der Waals surface area contributed by atoms with E-state index in [0.29, 0.717) is 39.6 Å². The van der Waals surface area contributed by atoms with Gasteiger partial charge >= 0.3 is 0 Å². The Kier molecular flexibility index (Phi) is 27.3. The van der Waals surface area contributed by atoms with Crippen molar-refractivity contribution in [1.29, 1.82) is 0 Å². The first-order valence-electron chi connectivity index (χ1n) is 13.2. The first-order valence-corrected chi connectivity index (χ1v) is 13.2. The van der Waals surface area contributed by atoms with Crippen molar-refractivity contribution in [2.24, 2.45) is 20.8 Å². The lowest BCUT2D eigenvalue weighted by molar-refractivity contribution is -0.129. The third-order valence-corrected chi connectivity index (χ3v) is 4.98. The number of carbonyl (C=O) groups excluding carboxylic acids is 1. The molecular weight excluding hydrogens is 530 g/mol. The first kappa shape index (κ1) is 37.3. The van der Waals surface area contributed by atoms with Crippen LogP contribution in [-0.2, 0) is 38.0 Å². The Morgan fingerprint density at radius 2 is 0.950 bits per heavy atom. The molecule has 0 aliphatic rings. The maximum atomic E-state index is 12.9.